The van der Waals surface area contributed by atoms with Gasteiger partial charge < -0.3 is 5.84 Å². The van der Waals surface area contributed by atoms with Crippen molar-refractivity contribution in [2.45, 2.75) is 20.4 Å². The lowest BCUT2D eigenvalue weighted by Gasteiger charge is -2.17. The van der Waals surface area contributed by atoms with Crippen LogP contribution in [0.3, 0.4) is 0 Å². The predicted octanol–water partition coefficient (Wildman–Crippen LogP) is 1.82. The van der Waals surface area contributed by atoms with Crippen LogP contribution in [0.2, 0.25) is 0 Å². The molecule has 82 valence electrons. The first-order valence-corrected chi connectivity index (χ1v) is 5.34. The Kier molecular flexibility index (Phi) is 4.84. The van der Waals surface area contributed by atoms with Crippen LogP contribution in [-0.4, -0.2) is 24.2 Å². The maximum absolute atomic E-state index is 5.12. The molecule has 1 rings (SSSR count). The number of hydrogen-bond donors (Lipinski definition) is 1. The SMILES string of the molecule is CCN(CC)Cc1cccc(C=NN)c1. The summed E-state index contributed by atoms with van der Waals surface area (Å²) in [5.74, 6) is 5.12. The first-order valence-electron chi connectivity index (χ1n) is 5.34. The minimum absolute atomic E-state index is 0.985. The zero-order chi connectivity index (χ0) is 11.1. The molecule has 0 radical (unpaired) electrons. The lowest BCUT2D eigenvalue weighted by atomic mass is 10.1. The topological polar surface area (TPSA) is 41.6 Å². The lowest BCUT2D eigenvalue weighted by molar-refractivity contribution is 0.296. The van der Waals surface area contributed by atoms with E-state index in [-0.39, 0.29) is 0 Å². The van der Waals surface area contributed by atoms with Crippen molar-refractivity contribution < 1.29 is 0 Å². The largest absolute Gasteiger partial charge is 0.323 e. The highest BCUT2D eigenvalue weighted by Crippen LogP contribution is 2.06. The predicted molar refractivity (Wildman–Crippen MR) is 64.8 cm³/mol. The second-order valence-electron chi connectivity index (χ2n) is 3.48. The summed E-state index contributed by atoms with van der Waals surface area (Å²) in [6, 6.07) is 8.29. The summed E-state index contributed by atoms with van der Waals surface area (Å²) in [7, 11) is 0. The molecule has 0 heterocycles. The Labute approximate surface area is 91.6 Å². The van der Waals surface area contributed by atoms with Gasteiger partial charge in [0.2, 0.25) is 0 Å². The Morgan fingerprint density at radius 2 is 2.07 bits per heavy atom. The van der Waals surface area contributed by atoms with E-state index in [2.05, 4.69) is 36.0 Å². The number of rotatable bonds is 5. The molecule has 0 spiro atoms. The van der Waals surface area contributed by atoms with Crippen LogP contribution in [0.1, 0.15) is 25.0 Å². The number of hydrazone groups is 1. The summed E-state index contributed by atoms with van der Waals surface area (Å²) in [5, 5.41) is 3.53. The normalized spacial score (nSPS) is 11.4. The number of nitrogens with zero attached hydrogens (tertiary/aromatic N) is 2. The second kappa shape index (κ2) is 6.19. The molecule has 0 aliphatic heterocycles. The zero-order valence-electron chi connectivity index (χ0n) is 9.48. The van der Waals surface area contributed by atoms with Gasteiger partial charge in [-0.3, -0.25) is 4.90 Å². The maximum Gasteiger partial charge on any atom is 0.0538 e. The van der Waals surface area contributed by atoms with Gasteiger partial charge >= 0.3 is 0 Å². The summed E-state index contributed by atoms with van der Waals surface area (Å²) < 4.78 is 0. The van der Waals surface area contributed by atoms with Crippen molar-refractivity contribution in [2.75, 3.05) is 13.1 Å². The first-order chi connectivity index (χ1) is 7.30. The van der Waals surface area contributed by atoms with Gasteiger partial charge in [-0.05, 0) is 30.3 Å². The molecule has 0 unspecified atom stereocenters. The van der Waals surface area contributed by atoms with Crippen LogP contribution in [-0.2, 0) is 6.54 Å². The van der Waals surface area contributed by atoms with Gasteiger partial charge in [0.15, 0.2) is 0 Å². The van der Waals surface area contributed by atoms with E-state index in [9.17, 15) is 0 Å². The van der Waals surface area contributed by atoms with Crippen molar-refractivity contribution in [3.8, 4) is 0 Å². The van der Waals surface area contributed by atoms with Crippen LogP contribution in [0.15, 0.2) is 29.4 Å². The molecule has 15 heavy (non-hydrogen) atoms. The van der Waals surface area contributed by atoms with Crippen LogP contribution in [0, 0.1) is 0 Å². The molecule has 1 aromatic rings. The molecule has 0 aliphatic carbocycles. The quantitative estimate of drug-likeness (QED) is 0.452. The van der Waals surface area contributed by atoms with E-state index in [0.717, 1.165) is 25.2 Å². The fourth-order valence-electron chi connectivity index (χ4n) is 1.56. The van der Waals surface area contributed by atoms with Crippen molar-refractivity contribution in [3.05, 3.63) is 35.4 Å². The summed E-state index contributed by atoms with van der Waals surface area (Å²) in [6.45, 7) is 7.49. The monoisotopic (exact) mass is 205 g/mol. The standard InChI is InChI=1S/C12H19N3/c1-3-15(4-2)10-12-7-5-6-11(8-12)9-14-13/h5-9H,3-4,10,13H2,1-2H3. The highest BCUT2D eigenvalue weighted by molar-refractivity contribution is 5.79. The molecule has 2 N–H and O–H groups in total. The maximum atomic E-state index is 5.12. The highest BCUT2D eigenvalue weighted by Gasteiger charge is 2.00. The van der Waals surface area contributed by atoms with E-state index >= 15 is 0 Å². The average molecular weight is 205 g/mol. The molecule has 3 nitrogen and oxygen atoms in total. The summed E-state index contributed by atoms with van der Waals surface area (Å²) in [4.78, 5) is 2.37. The van der Waals surface area contributed by atoms with Crippen LogP contribution in [0.5, 0.6) is 0 Å². The van der Waals surface area contributed by atoms with Gasteiger partial charge in [-0.25, -0.2) is 0 Å². The Morgan fingerprint density at radius 3 is 2.67 bits per heavy atom. The third kappa shape index (κ3) is 3.72. The number of nitrogens with two attached hydrogens (primary N) is 1. The smallest absolute Gasteiger partial charge is 0.0538 e. The van der Waals surface area contributed by atoms with E-state index in [1.807, 2.05) is 12.1 Å². The minimum atomic E-state index is 0.985. The molecule has 0 aromatic heterocycles. The Bertz CT molecular complexity index is 316. The molecule has 0 fully saturated rings. The van der Waals surface area contributed by atoms with E-state index in [1.54, 1.807) is 6.21 Å². The Hall–Kier alpha value is -1.35. The van der Waals surface area contributed by atoms with Gasteiger partial charge in [-0.1, -0.05) is 32.0 Å². The number of benzene rings is 1. The molecule has 3 heteroatoms. The fraction of sp³-hybridized carbons (Fsp3) is 0.417. The molecule has 0 aliphatic rings. The van der Waals surface area contributed by atoms with Gasteiger partial charge in [0.1, 0.15) is 0 Å². The molecule has 0 atom stereocenters. The second-order valence-corrected chi connectivity index (χ2v) is 3.48. The van der Waals surface area contributed by atoms with Crippen molar-refractivity contribution in [2.24, 2.45) is 10.9 Å². The van der Waals surface area contributed by atoms with Gasteiger partial charge in [0.25, 0.3) is 0 Å². The molecule has 0 bridgehead atoms. The Balaban J connectivity index is 2.72. The Morgan fingerprint density at radius 1 is 1.33 bits per heavy atom. The van der Waals surface area contributed by atoms with E-state index in [1.165, 1.54) is 5.56 Å². The van der Waals surface area contributed by atoms with Gasteiger partial charge in [-0.15, -0.1) is 0 Å². The lowest BCUT2D eigenvalue weighted by Crippen LogP contribution is -2.22. The molecule has 1 aromatic carbocycles. The summed E-state index contributed by atoms with van der Waals surface area (Å²) >= 11 is 0. The van der Waals surface area contributed by atoms with Crippen molar-refractivity contribution in [3.63, 3.8) is 0 Å². The molecule has 0 saturated heterocycles. The van der Waals surface area contributed by atoms with E-state index in [4.69, 9.17) is 5.84 Å². The number of hydrogen-bond acceptors (Lipinski definition) is 3. The van der Waals surface area contributed by atoms with Crippen molar-refractivity contribution >= 4 is 6.21 Å². The van der Waals surface area contributed by atoms with Crippen LogP contribution >= 0.6 is 0 Å². The third-order valence-electron chi connectivity index (χ3n) is 2.48. The van der Waals surface area contributed by atoms with Crippen LogP contribution in [0.25, 0.3) is 0 Å². The minimum Gasteiger partial charge on any atom is -0.323 e. The van der Waals surface area contributed by atoms with Crippen LogP contribution in [0.4, 0.5) is 0 Å². The van der Waals surface area contributed by atoms with Crippen molar-refractivity contribution in [1.82, 2.24) is 4.90 Å². The van der Waals surface area contributed by atoms with E-state index < -0.39 is 0 Å². The fourth-order valence-corrected chi connectivity index (χ4v) is 1.56. The highest BCUT2D eigenvalue weighted by atomic mass is 15.1. The molecular formula is C12H19N3. The van der Waals surface area contributed by atoms with Crippen LogP contribution < -0.4 is 5.84 Å². The van der Waals surface area contributed by atoms with Crippen molar-refractivity contribution in [1.29, 1.82) is 0 Å². The molecular weight excluding hydrogens is 186 g/mol. The van der Waals surface area contributed by atoms with E-state index in [0.29, 0.717) is 0 Å². The average Bonchev–Trinajstić information content (AvgIpc) is 2.27. The van der Waals surface area contributed by atoms with Gasteiger partial charge in [0, 0.05) is 6.54 Å². The summed E-state index contributed by atoms with van der Waals surface area (Å²) in [6.07, 6.45) is 1.67. The molecule has 0 saturated carbocycles. The molecule has 0 amide bonds. The summed E-state index contributed by atoms with van der Waals surface area (Å²) in [5.41, 5.74) is 2.36. The third-order valence-corrected chi connectivity index (χ3v) is 2.48. The van der Waals surface area contributed by atoms with Gasteiger partial charge in [-0.2, -0.15) is 5.10 Å². The zero-order valence-corrected chi connectivity index (χ0v) is 9.48. The van der Waals surface area contributed by atoms with Gasteiger partial charge in [0.05, 0.1) is 6.21 Å². The first kappa shape index (κ1) is 11.7.